The van der Waals surface area contributed by atoms with Crippen molar-refractivity contribution in [1.29, 1.82) is 0 Å². The smallest absolute Gasteiger partial charge is 0.434 e. The lowest BCUT2D eigenvalue weighted by molar-refractivity contribution is -0.141. The van der Waals surface area contributed by atoms with Crippen molar-refractivity contribution in [3.8, 4) is 11.3 Å². The van der Waals surface area contributed by atoms with Crippen molar-refractivity contribution < 1.29 is 27.4 Å². The summed E-state index contributed by atoms with van der Waals surface area (Å²) < 4.78 is 47.6. The van der Waals surface area contributed by atoms with E-state index in [0.29, 0.717) is 11.8 Å². The van der Waals surface area contributed by atoms with Gasteiger partial charge in [-0.1, -0.05) is 12.1 Å². The number of esters is 1. The maximum atomic E-state index is 12.6. The predicted octanol–water partition coefficient (Wildman–Crippen LogP) is 2.97. The van der Waals surface area contributed by atoms with Crippen LogP contribution in [0.4, 0.5) is 13.2 Å². The first-order valence-electron chi connectivity index (χ1n) is 6.57. The number of benzene rings is 1. The van der Waals surface area contributed by atoms with E-state index in [1.807, 2.05) is 0 Å². The normalized spacial score (nSPS) is 11.3. The number of carbonyl (C=O) groups is 1. The number of methoxy groups -OCH3 is 1. The van der Waals surface area contributed by atoms with E-state index in [0.717, 1.165) is 0 Å². The number of hydrogen-bond donors (Lipinski definition) is 0. The number of aromatic nitrogens is 2. The Morgan fingerprint density at radius 3 is 2.43 bits per heavy atom. The Morgan fingerprint density at radius 1 is 1.13 bits per heavy atom. The minimum atomic E-state index is -4.56. The quantitative estimate of drug-likeness (QED) is 0.624. The Bertz CT molecular complexity index is 672. The molecular formula is C15H13F3N2O3. The summed E-state index contributed by atoms with van der Waals surface area (Å²) in [5.74, 6) is -0.538. The molecule has 8 heteroatoms. The van der Waals surface area contributed by atoms with Crippen molar-refractivity contribution in [3.05, 3.63) is 47.9 Å². The third kappa shape index (κ3) is 4.49. The molecule has 5 nitrogen and oxygen atoms in total. The number of nitrogens with zero attached hydrogens (tertiary/aromatic N) is 2. The Kier molecular flexibility index (Phi) is 5.28. The first-order chi connectivity index (χ1) is 10.9. The SMILES string of the molecule is COCCOC(=O)c1ccc(-c2cncc(C(F)(F)F)n2)cc1. The zero-order valence-corrected chi connectivity index (χ0v) is 12.1. The van der Waals surface area contributed by atoms with E-state index in [2.05, 4.69) is 9.97 Å². The van der Waals surface area contributed by atoms with Gasteiger partial charge in [-0.05, 0) is 12.1 Å². The molecule has 0 bridgehead atoms. The van der Waals surface area contributed by atoms with Crippen LogP contribution in [-0.2, 0) is 15.7 Å². The lowest BCUT2D eigenvalue weighted by Crippen LogP contribution is -2.10. The number of halogens is 3. The minimum Gasteiger partial charge on any atom is -0.460 e. The van der Waals surface area contributed by atoms with Gasteiger partial charge < -0.3 is 9.47 Å². The molecule has 0 N–H and O–H groups in total. The lowest BCUT2D eigenvalue weighted by Gasteiger charge is -2.08. The number of ether oxygens (including phenoxy) is 2. The maximum absolute atomic E-state index is 12.6. The summed E-state index contributed by atoms with van der Waals surface area (Å²) in [5, 5.41) is 0. The van der Waals surface area contributed by atoms with Crippen LogP contribution in [0.2, 0.25) is 0 Å². The van der Waals surface area contributed by atoms with Gasteiger partial charge in [0.1, 0.15) is 6.61 Å². The predicted molar refractivity (Wildman–Crippen MR) is 74.6 cm³/mol. The van der Waals surface area contributed by atoms with Gasteiger partial charge >= 0.3 is 12.1 Å². The molecule has 2 rings (SSSR count). The van der Waals surface area contributed by atoms with Crippen LogP contribution in [0.15, 0.2) is 36.7 Å². The van der Waals surface area contributed by atoms with E-state index in [1.54, 1.807) is 0 Å². The highest BCUT2D eigenvalue weighted by Gasteiger charge is 2.33. The number of rotatable bonds is 5. The number of hydrogen-bond acceptors (Lipinski definition) is 5. The van der Waals surface area contributed by atoms with Gasteiger partial charge in [-0.3, -0.25) is 4.98 Å². The third-order valence-electron chi connectivity index (χ3n) is 2.86. The molecule has 2 aromatic rings. The van der Waals surface area contributed by atoms with E-state index in [4.69, 9.17) is 9.47 Å². The molecule has 23 heavy (non-hydrogen) atoms. The van der Waals surface area contributed by atoms with Crippen LogP contribution >= 0.6 is 0 Å². The van der Waals surface area contributed by atoms with Gasteiger partial charge in [0.15, 0.2) is 5.69 Å². The second-order valence-corrected chi connectivity index (χ2v) is 4.49. The van der Waals surface area contributed by atoms with E-state index >= 15 is 0 Å². The van der Waals surface area contributed by atoms with Crippen molar-refractivity contribution in [1.82, 2.24) is 9.97 Å². The largest absolute Gasteiger partial charge is 0.460 e. The van der Waals surface area contributed by atoms with Crippen molar-refractivity contribution in [2.45, 2.75) is 6.18 Å². The molecule has 0 aliphatic carbocycles. The average molecular weight is 326 g/mol. The van der Waals surface area contributed by atoms with E-state index in [9.17, 15) is 18.0 Å². The summed E-state index contributed by atoms with van der Waals surface area (Å²) in [6.07, 6.45) is -2.68. The second kappa shape index (κ2) is 7.19. The van der Waals surface area contributed by atoms with Crippen LogP contribution in [0.1, 0.15) is 16.1 Å². The molecule has 122 valence electrons. The summed E-state index contributed by atoms with van der Waals surface area (Å²) in [6, 6.07) is 5.87. The molecule has 0 amide bonds. The molecule has 0 aliphatic heterocycles. The molecule has 0 spiro atoms. The van der Waals surface area contributed by atoms with Gasteiger partial charge in [0, 0.05) is 12.7 Å². The summed E-state index contributed by atoms with van der Waals surface area (Å²) in [4.78, 5) is 18.8. The fraction of sp³-hybridized carbons (Fsp3) is 0.267. The molecule has 1 aromatic carbocycles. The fourth-order valence-corrected chi connectivity index (χ4v) is 1.72. The van der Waals surface area contributed by atoms with Crippen molar-refractivity contribution >= 4 is 5.97 Å². The summed E-state index contributed by atoms with van der Waals surface area (Å²) in [5.41, 5.74) is -0.306. The Hall–Kier alpha value is -2.48. The molecule has 0 atom stereocenters. The van der Waals surface area contributed by atoms with E-state index in [-0.39, 0.29) is 24.5 Å². The molecule has 0 fully saturated rings. The maximum Gasteiger partial charge on any atom is 0.434 e. The summed E-state index contributed by atoms with van der Waals surface area (Å²) >= 11 is 0. The van der Waals surface area contributed by atoms with Crippen LogP contribution in [0, 0.1) is 0 Å². The zero-order chi connectivity index (χ0) is 16.9. The topological polar surface area (TPSA) is 61.3 Å². The monoisotopic (exact) mass is 326 g/mol. The summed E-state index contributed by atoms with van der Waals surface area (Å²) in [6.45, 7) is 0.403. The Balaban J connectivity index is 2.15. The van der Waals surface area contributed by atoms with Crippen molar-refractivity contribution in [3.63, 3.8) is 0 Å². The van der Waals surface area contributed by atoms with Gasteiger partial charge in [-0.2, -0.15) is 13.2 Å². The third-order valence-corrected chi connectivity index (χ3v) is 2.86. The molecule has 0 aliphatic rings. The van der Waals surface area contributed by atoms with Crippen molar-refractivity contribution in [2.24, 2.45) is 0 Å². The molecule has 0 radical (unpaired) electrons. The molecule has 0 saturated carbocycles. The standard InChI is InChI=1S/C15H13F3N2O3/c1-22-6-7-23-14(21)11-4-2-10(3-5-11)12-8-19-9-13(20-12)15(16,17)18/h2-5,8-9H,6-7H2,1H3. The first-order valence-corrected chi connectivity index (χ1v) is 6.57. The lowest BCUT2D eigenvalue weighted by atomic mass is 10.1. The van der Waals surface area contributed by atoms with Crippen molar-refractivity contribution in [2.75, 3.05) is 20.3 Å². The number of carbonyl (C=O) groups excluding carboxylic acids is 1. The second-order valence-electron chi connectivity index (χ2n) is 4.49. The van der Waals surface area contributed by atoms with Crippen LogP contribution < -0.4 is 0 Å². The van der Waals surface area contributed by atoms with E-state index in [1.165, 1.54) is 37.6 Å². The van der Waals surface area contributed by atoms with Crippen LogP contribution in [0.3, 0.4) is 0 Å². The van der Waals surface area contributed by atoms with Crippen LogP contribution in [0.25, 0.3) is 11.3 Å². The van der Waals surface area contributed by atoms with Gasteiger partial charge in [-0.15, -0.1) is 0 Å². The first kappa shape index (κ1) is 16.9. The molecular weight excluding hydrogens is 313 g/mol. The fourth-order valence-electron chi connectivity index (χ4n) is 1.72. The average Bonchev–Trinajstić information content (AvgIpc) is 2.54. The highest BCUT2D eigenvalue weighted by atomic mass is 19.4. The van der Waals surface area contributed by atoms with Crippen LogP contribution in [0.5, 0.6) is 0 Å². The van der Waals surface area contributed by atoms with E-state index < -0.39 is 17.8 Å². The van der Waals surface area contributed by atoms with Crippen LogP contribution in [-0.4, -0.2) is 36.3 Å². The van der Waals surface area contributed by atoms with Gasteiger partial charge in [0.25, 0.3) is 0 Å². The van der Waals surface area contributed by atoms with Gasteiger partial charge in [-0.25, -0.2) is 9.78 Å². The van der Waals surface area contributed by atoms with Gasteiger partial charge in [0.05, 0.1) is 30.3 Å². The Morgan fingerprint density at radius 2 is 1.83 bits per heavy atom. The molecule has 0 saturated heterocycles. The zero-order valence-electron chi connectivity index (χ0n) is 12.1. The minimum absolute atomic E-state index is 0.0686. The molecule has 0 unspecified atom stereocenters. The molecule has 1 aromatic heterocycles. The molecule has 1 heterocycles. The Labute approximate surface area is 130 Å². The summed E-state index contributed by atoms with van der Waals surface area (Å²) in [7, 11) is 1.48. The van der Waals surface area contributed by atoms with Gasteiger partial charge in [0.2, 0.25) is 0 Å². The highest BCUT2D eigenvalue weighted by Crippen LogP contribution is 2.28. The highest BCUT2D eigenvalue weighted by molar-refractivity contribution is 5.89. The number of alkyl halides is 3.